The fourth-order valence-electron chi connectivity index (χ4n) is 1.60. The number of carbonyl (C=O) groups is 2. The first-order valence-electron chi connectivity index (χ1n) is 6.77. The van der Waals surface area contributed by atoms with Gasteiger partial charge < -0.3 is 9.47 Å². The van der Waals surface area contributed by atoms with Crippen LogP contribution in [-0.2, 0) is 14.9 Å². The molecule has 0 heterocycles. The standard InChI is InChI=1S/C15H21BrO4Si/c1-11(17)20-14-6-5-12(9-13(14)10-16)15(18)19-7-8-21(2,3)4/h5-6,9H,7-8,10H2,1-4H3. The minimum absolute atomic E-state index is 0.343. The van der Waals surface area contributed by atoms with E-state index in [1.54, 1.807) is 18.2 Å². The van der Waals surface area contributed by atoms with Crippen LogP contribution in [0.3, 0.4) is 0 Å². The molecule has 0 saturated heterocycles. The third kappa shape index (κ3) is 6.43. The Labute approximate surface area is 135 Å². The van der Waals surface area contributed by atoms with Gasteiger partial charge in [-0.25, -0.2) is 4.79 Å². The van der Waals surface area contributed by atoms with E-state index in [-0.39, 0.29) is 11.9 Å². The molecule has 0 fully saturated rings. The number of hydrogen-bond acceptors (Lipinski definition) is 4. The predicted molar refractivity (Wildman–Crippen MR) is 88.8 cm³/mol. The number of rotatable bonds is 6. The normalized spacial score (nSPS) is 11.1. The van der Waals surface area contributed by atoms with E-state index in [0.29, 0.717) is 23.2 Å². The molecule has 0 N–H and O–H groups in total. The number of carbonyl (C=O) groups excluding carboxylic acids is 2. The van der Waals surface area contributed by atoms with E-state index in [2.05, 4.69) is 35.6 Å². The largest absolute Gasteiger partial charge is 0.462 e. The predicted octanol–water partition coefficient (Wildman–Crippen LogP) is 4.00. The number of ether oxygens (including phenoxy) is 2. The van der Waals surface area contributed by atoms with Crippen LogP contribution in [0, 0.1) is 0 Å². The molecular formula is C15H21BrO4Si. The van der Waals surface area contributed by atoms with Gasteiger partial charge in [-0.05, 0) is 24.2 Å². The van der Waals surface area contributed by atoms with Gasteiger partial charge in [0.15, 0.2) is 0 Å². The van der Waals surface area contributed by atoms with Crippen molar-refractivity contribution in [1.82, 2.24) is 0 Å². The van der Waals surface area contributed by atoms with E-state index < -0.39 is 8.07 Å². The number of benzene rings is 1. The van der Waals surface area contributed by atoms with E-state index in [1.165, 1.54) is 6.92 Å². The first kappa shape index (κ1) is 17.9. The zero-order valence-electron chi connectivity index (χ0n) is 12.9. The molecule has 0 aliphatic heterocycles. The molecule has 0 radical (unpaired) electrons. The second-order valence-electron chi connectivity index (χ2n) is 6.00. The van der Waals surface area contributed by atoms with Crippen molar-refractivity contribution in [3.63, 3.8) is 0 Å². The molecule has 1 aromatic rings. The van der Waals surface area contributed by atoms with Crippen LogP contribution in [-0.4, -0.2) is 26.6 Å². The summed E-state index contributed by atoms with van der Waals surface area (Å²) < 4.78 is 10.4. The quantitative estimate of drug-likeness (QED) is 0.327. The lowest BCUT2D eigenvalue weighted by molar-refractivity contribution is -0.131. The Morgan fingerprint density at radius 3 is 2.43 bits per heavy atom. The summed E-state index contributed by atoms with van der Waals surface area (Å²) in [5.74, 6) is -0.273. The van der Waals surface area contributed by atoms with Crippen LogP contribution < -0.4 is 4.74 Å². The van der Waals surface area contributed by atoms with Crippen molar-refractivity contribution in [3.8, 4) is 5.75 Å². The fraction of sp³-hybridized carbons (Fsp3) is 0.467. The van der Waals surface area contributed by atoms with Gasteiger partial charge >= 0.3 is 11.9 Å². The summed E-state index contributed by atoms with van der Waals surface area (Å²) in [4.78, 5) is 23.0. The fourth-order valence-corrected chi connectivity index (χ4v) is 2.75. The van der Waals surface area contributed by atoms with E-state index in [9.17, 15) is 9.59 Å². The second kappa shape index (κ2) is 7.75. The summed E-state index contributed by atoms with van der Waals surface area (Å²) in [5, 5.41) is 0.492. The lowest BCUT2D eigenvalue weighted by Gasteiger charge is -2.15. The number of hydrogen-bond donors (Lipinski definition) is 0. The maximum absolute atomic E-state index is 12.0. The molecule has 0 spiro atoms. The molecule has 0 aliphatic rings. The third-order valence-corrected chi connectivity index (χ3v) is 5.09. The Morgan fingerprint density at radius 1 is 1.24 bits per heavy atom. The molecule has 0 saturated carbocycles. The zero-order chi connectivity index (χ0) is 16.0. The number of alkyl halides is 1. The Morgan fingerprint density at radius 2 is 1.90 bits per heavy atom. The molecule has 1 rings (SSSR count). The Bertz CT molecular complexity index is 523. The van der Waals surface area contributed by atoms with Crippen molar-refractivity contribution in [1.29, 1.82) is 0 Å². The van der Waals surface area contributed by atoms with Gasteiger partial charge in [0, 0.05) is 25.9 Å². The SMILES string of the molecule is CC(=O)Oc1ccc(C(=O)OCC[Si](C)(C)C)cc1CBr. The van der Waals surface area contributed by atoms with Gasteiger partial charge in [0.2, 0.25) is 0 Å². The summed E-state index contributed by atoms with van der Waals surface area (Å²) in [6.45, 7) is 8.49. The van der Waals surface area contributed by atoms with Gasteiger partial charge in [0.25, 0.3) is 0 Å². The maximum atomic E-state index is 12.0. The highest BCUT2D eigenvalue weighted by molar-refractivity contribution is 9.08. The molecule has 0 amide bonds. The molecule has 0 aliphatic carbocycles. The van der Waals surface area contributed by atoms with Crippen LogP contribution in [0.2, 0.25) is 25.7 Å². The highest BCUT2D eigenvalue weighted by atomic mass is 79.9. The molecule has 0 unspecified atom stereocenters. The summed E-state index contributed by atoms with van der Waals surface area (Å²) in [6, 6.07) is 5.85. The monoisotopic (exact) mass is 372 g/mol. The van der Waals surface area contributed by atoms with Gasteiger partial charge in [-0.3, -0.25) is 4.79 Å². The van der Waals surface area contributed by atoms with Crippen molar-refractivity contribution in [2.24, 2.45) is 0 Å². The van der Waals surface area contributed by atoms with E-state index >= 15 is 0 Å². The van der Waals surface area contributed by atoms with Crippen LogP contribution in [0.1, 0.15) is 22.8 Å². The first-order valence-corrected chi connectivity index (χ1v) is 11.6. The Balaban J connectivity index is 2.75. The zero-order valence-corrected chi connectivity index (χ0v) is 15.5. The van der Waals surface area contributed by atoms with Gasteiger partial charge in [-0.2, -0.15) is 0 Å². The van der Waals surface area contributed by atoms with Crippen LogP contribution in [0.25, 0.3) is 0 Å². The molecule has 1 aromatic carbocycles. The summed E-state index contributed by atoms with van der Waals surface area (Å²) in [6.07, 6.45) is 0. The summed E-state index contributed by atoms with van der Waals surface area (Å²) in [5.41, 5.74) is 1.21. The smallest absolute Gasteiger partial charge is 0.338 e. The lowest BCUT2D eigenvalue weighted by Crippen LogP contribution is -2.22. The van der Waals surface area contributed by atoms with Crippen LogP contribution >= 0.6 is 15.9 Å². The second-order valence-corrected chi connectivity index (χ2v) is 12.2. The minimum Gasteiger partial charge on any atom is -0.462 e. The minimum atomic E-state index is -1.21. The average Bonchev–Trinajstić information content (AvgIpc) is 2.36. The highest BCUT2D eigenvalue weighted by Crippen LogP contribution is 2.23. The van der Waals surface area contributed by atoms with Crippen LogP contribution in [0.4, 0.5) is 0 Å². The molecule has 0 atom stereocenters. The van der Waals surface area contributed by atoms with E-state index in [4.69, 9.17) is 9.47 Å². The Kier molecular flexibility index (Phi) is 6.61. The molecule has 0 bridgehead atoms. The first-order chi connectivity index (χ1) is 9.73. The molecular weight excluding hydrogens is 352 g/mol. The van der Waals surface area contributed by atoms with Crippen molar-refractivity contribution in [2.45, 2.75) is 37.9 Å². The molecule has 116 valence electrons. The average molecular weight is 373 g/mol. The van der Waals surface area contributed by atoms with Crippen LogP contribution in [0.15, 0.2) is 18.2 Å². The molecule has 6 heteroatoms. The summed E-state index contributed by atoms with van der Waals surface area (Å²) in [7, 11) is -1.21. The third-order valence-electron chi connectivity index (χ3n) is 2.78. The Hall–Kier alpha value is -1.14. The number of esters is 2. The van der Waals surface area contributed by atoms with Crippen molar-refractivity contribution in [3.05, 3.63) is 29.3 Å². The van der Waals surface area contributed by atoms with E-state index in [0.717, 1.165) is 11.6 Å². The molecule has 21 heavy (non-hydrogen) atoms. The maximum Gasteiger partial charge on any atom is 0.338 e. The van der Waals surface area contributed by atoms with Gasteiger partial charge in [0.1, 0.15) is 5.75 Å². The lowest BCUT2D eigenvalue weighted by atomic mass is 10.1. The van der Waals surface area contributed by atoms with Crippen molar-refractivity contribution < 1.29 is 19.1 Å². The van der Waals surface area contributed by atoms with Gasteiger partial charge in [0.05, 0.1) is 12.2 Å². The highest BCUT2D eigenvalue weighted by Gasteiger charge is 2.16. The van der Waals surface area contributed by atoms with Gasteiger partial charge in [-0.1, -0.05) is 35.6 Å². The summed E-state index contributed by atoms with van der Waals surface area (Å²) >= 11 is 3.32. The van der Waals surface area contributed by atoms with Crippen molar-refractivity contribution >= 4 is 35.9 Å². The van der Waals surface area contributed by atoms with Crippen LogP contribution in [0.5, 0.6) is 5.75 Å². The molecule has 4 nitrogen and oxygen atoms in total. The number of halogens is 1. The van der Waals surface area contributed by atoms with E-state index in [1.807, 2.05) is 0 Å². The molecule has 0 aromatic heterocycles. The van der Waals surface area contributed by atoms with Gasteiger partial charge in [-0.15, -0.1) is 0 Å². The van der Waals surface area contributed by atoms with Crippen molar-refractivity contribution in [2.75, 3.05) is 6.61 Å². The topological polar surface area (TPSA) is 52.6 Å².